The molecule has 0 atom stereocenters. The third-order valence-electron chi connectivity index (χ3n) is 3.45. The molecular formula is C20H15ClO2. The smallest absolute Gasteiger partial charge is 0.193 e. The second kappa shape index (κ2) is 7.12. The molecule has 0 fully saturated rings. The van der Waals surface area contributed by atoms with E-state index in [1.165, 1.54) is 0 Å². The maximum Gasteiger partial charge on any atom is 0.193 e. The van der Waals surface area contributed by atoms with Gasteiger partial charge in [-0.25, -0.2) is 0 Å². The van der Waals surface area contributed by atoms with Gasteiger partial charge in [0.2, 0.25) is 0 Å². The SMILES string of the molecule is O=C(c1ccccc1)c1ccc(OCc2cccc(Cl)c2)cc1. The van der Waals surface area contributed by atoms with Crippen molar-refractivity contribution in [2.24, 2.45) is 0 Å². The Labute approximate surface area is 140 Å². The molecule has 0 aliphatic carbocycles. The van der Waals surface area contributed by atoms with E-state index in [1.807, 2.05) is 54.6 Å². The minimum absolute atomic E-state index is 0.00647. The normalized spacial score (nSPS) is 10.3. The quantitative estimate of drug-likeness (QED) is 0.607. The van der Waals surface area contributed by atoms with Crippen molar-refractivity contribution in [1.29, 1.82) is 0 Å². The molecular weight excluding hydrogens is 308 g/mol. The summed E-state index contributed by atoms with van der Waals surface area (Å²) in [6.45, 7) is 0.437. The summed E-state index contributed by atoms with van der Waals surface area (Å²) in [7, 11) is 0. The lowest BCUT2D eigenvalue weighted by Gasteiger charge is -2.07. The minimum Gasteiger partial charge on any atom is -0.489 e. The average molecular weight is 323 g/mol. The van der Waals surface area contributed by atoms with Crippen LogP contribution in [0.5, 0.6) is 5.75 Å². The van der Waals surface area contributed by atoms with Gasteiger partial charge in [-0.1, -0.05) is 54.1 Å². The molecule has 3 aromatic carbocycles. The minimum atomic E-state index is 0.00647. The van der Waals surface area contributed by atoms with Gasteiger partial charge in [0.25, 0.3) is 0 Å². The van der Waals surface area contributed by atoms with E-state index in [2.05, 4.69) is 0 Å². The first-order valence-electron chi connectivity index (χ1n) is 7.29. The van der Waals surface area contributed by atoms with E-state index in [1.54, 1.807) is 24.3 Å². The first-order valence-corrected chi connectivity index (χ1v) is 7.67. The van der Waals surface area contributed by atoms with Crippen LogP contribution >= 0.6 is 11.6 Å². The van der Waals surface area contributed by atoms with Gasteiger partial charge >= 0.3 is 0 Å². The number of halogens is 1. The van der Waals surface area contributed by atoms with Crippen LogP contribution in [0.2, 0.25) is 5.02 Å². The summed E-state index contributed by atoms with van der Waals surface area (Å²) in [4.78, 5) is 12.3. The van der Waals surface area contributed by atoms with Crippen molar-refractivity contribution in [3.63, 3.8) is 0 Å². The fourth-order valence-corrected chi connectivity index (χ4v) is 2.47. The lowest BCUT2D eigenvalue weighted by molar-refractivity contribution is 0.103. The number of benzene rings is 3. The fourth-order valence-electron chi connectivity index (χ4n) is 2.25. The molecule has 0 bridgehead atoms. The molecule has 0 aromatic heterocycles. The monoisotopic (exact) mass is 322 g/mol. The van der Waals surface area contributed by atoms with Crippen LogP contribution < -0.4 is 4.74 Å². The molecule has 0 unspecified atom stereocenters. The highest BCUT2D eigenvalue weighted by Crippen LogP contribution is 2.18. The molecule has 0 amide bonds. The number of ether oxygens (including phenoxy) is 1. The van der Waals surface area contributed by atoms with Crippen molar-refractivity contribution in [3.05, 3.63) is 101 Å². The van der Waals surface area contributed by atoms with Crippen LogP contribution in [-0.2, 0) is 6.61 Å². The second-order valence-corrected chi connectivity index (χ2v) is 5.57. The molecule has 0 heterocycles. The van der Waals surface area contributed by atoms with Crippen LogP contribution in [0.4, 0.5) is 0 Å². The van der Waals surface area contributed by atoms with E-state index >= 15 is 0 Å². The van der Waals surface area contributed by atoms with Crippen LogP contribution in [0.3, 0.4) is 0 Å². The van der Waals surface area contributed by atoms with Crippen molar-refractivity contribution in [2.45, 2.75) is 6.61 Å². The Kier molecular flexibility index (Phi) is 4.74. The lowest BCUT2D eigenvalue weighted by Crippen LogP contribution is -2.01. The molecule has 3 heteroatoms. The van der Waals surface area contributed by atoms with E-state index in [-0.39, 0.29) is 5.78 Å². The van der Waals surface area contributed by atoms with E-state index in [9.17, 15) is 4.79 Å². The third kappa shape index (κ3) is 3.99. The zero-order chi connectivity index (χ0) is 16.1. The third-order valence-corrected chi connectivity index (χ3v) is 3.68. The van der Waals surface area contributed by atoms with Crippen molar-refractivity contribution >= 4 is 17.4 Å². The van der Waals surface area contributed by atoms with Crippen molar-refractivity contribution in [2.75, 3.05) is 0 Å². The number of carbonyl (C=O) groups is 1. The first kappa shape index (κ1) is 15.3. The van der Waals surface area contributed by atoms with E-state index < -0.39 is 0 Å². The Morgan fingerprint density at radius 1 is 0.826 bits per heavy atom. The number of ketones is 1. The molecule has 0 aliphatic heterocycles. The number of hydrogen-bond acceptors (Lipinski definition) is 2. The van der Waals surface area contributed by atoms with Crippen LogP contribution in [0.15, 0.2) is 78.9 Å². The molecule has 2 nitrogen and oxygen atoms in total. The van der Waals surface area contributed by atoms with Crippen LogP contribution in [-0.4, -0.2) is 5.78 Å². The van der Waals surface area contributed by atoms with Crippen molar-refractivity contribution in [1.82, 2.24) is 0 Å². The highest BCUT2D eigenvalue weighted by Gasteiger charge is 2.08. The number of carbonyl (C=O) groups excluding carboxylic acids is 1. The lowest BCUT2D eigenvalue weighted by atomic mass is 10.0. The summed E-state index contributed by atoms with van der Waals surface area (Å²) in [5, 5.41) is 0.690. The fraction of sp³-hybridized carbons (Fsp3) is 0.0500. The molecule has 0 radical (unpaired) electrons. The molecule has 0 saturated carbocycles. The van der Waals surface area contributed by atoms with Gasteiger partial charge in [0.05, 0.1) is 0 Å². The second-order valence-electron chi connectivity index (χ2n) is 5.14. The molecule has 23 heavy (non-hydrogen) atoms. The van der Waals surface area contributed by atoms with Crippen LogP contribution in [0.1, 0.15) is 21.5 Å². The van der Waals surface area contributed by atoms with Gasteiger partial charge in [0, 0.05) is 16.1 Å². The Bertz CT molecular complexity index is 795. The van der Waals surface area contributed by atoms with E-state index in [4.69, 9.17) is 16.3 Å². The summed E-state index contributed by atoms with van der Waals surface area (Å²) in [6, 6.07) is 23.9. The molecule has 0 aliphatic rings. The molecule has 0 saturated heterocycles. The van der Waals surface area contributed by atoms with Crippen molar-refractivity contribution in [3.8, 4) is 5.75 Å². The molecule has 114 valence electrons. The van der Waals surface area contributed by atoms with Crippen LogP contribution in [0, 0.1) is 0 Å². The summed E-state index contributed by atoms with van der Waals surface area (Å²) in [5.74, 6) is 0.724. The standard InChI is InChI=1S/C20H15ClO2/c21-18-8-4-5-15(13-18)14-23-19-11-9-17(10-12-19)20(22)16-6-2-1-3-7-16/h1-13H,14H2. The summed E-state index contributed by atoms with van der Waals surface area (Å²) < 4.78 is 5.72. The topological polar surface area (TPSA) is 26.3 Å². The van der Waals surface area contributed by atoms with Gasteiger partial charge in [0.1, 0.15) is 12.4 Å². The Hall–Kier alpha value is -2.58. The van der Waals surface area contributed by atoms with Gasteiger partial charge in [-0.2, -0.15) is 0 Å². The summed E-state index contributed by atoms with van der Waals surface area (Å²) >= 11 is 5.95. The van der Waals surface area contributed by atoms with Gasteiger partial charge in [-0.15, -0.1) is 0 Å². The Morgan fingerprint density at radius 3 is 2.22 bits per heavy atom. The first-order chi connectivity index (χ1) is 11.2. The predicted molar refractivity (Wildman–Crippen MR) is 92.1 cm³/mol. The predicted octanol–water partition coefficient (Wildman–Crippen LogP) is 5.15. The molecule has 0 N–H and O–H groups in total. The maximum atomic E-state index is 12.3. The largest absolute Gasteiger partial charge is 0.489 e. The highest BCUT2D eigenvalue weighted by molar-refractivity contribution is 6.30. The molecule has 3 aromatic rings. The Balaban J connectivity index is 1.66. The molecule has 3 rings (SSSR count). The zero-order valence-corrected chi connectivity index (χ0v) is 13.2. The molecule has 0 spiro atoms. The highest BCUT2D eigenvalue weighted by atomic mass is 35.5. The summed E-state index contributed by atoms with van der Waals surface area (Å²) in [6.07, 6.45) is 0. The Morgan fingerprint density at radius 2 is 1.52 bits per heavy atom. The number of rotatable bonds is 5. The van der Waals surface area contributed by atoms with Gasteiger partial charge < -0.3 is 4.74 Å². The van der Waals surface area contributed by atoms with E-state index in [0.29, 0.717) is 22.8 Å². The van der Waals surface area contributed by atoms with Gasteiger partial charge in [-0.05, 0) is 42.0 Å². The van der Waals surface area contributed by atoms with Crippen molar-refractivity contribution < 1.29 is 9.53 Å². The summed E-state index contributed by atoms with van der Waals surface area (Å²) in [5.41, 5.74) is 2.33. The van der Waals surface area contributed by atoms with E-state index in [0.717, 1.165) is 11.3 Å². The zero-order valence-electron chi connectivity index (χ0n) is 12.4. The van der Waals surface area contributed by atoms with Gasteiger partial charge in [-0.3, -0.25) is 4.79 Å². The van der Waals surface area contributed by atoms with Gasteiger partial charge in [0.15, 0.2) is 5.78 Å². The van der Waals surface area contributed by atoms with Crippen LogP contribution in [0.25, 0.3) is 0 Å². The average Bonchev–Trinajstić information content (AvgIpc) is 2.61. The maximum absolute atomic E-state index is 12.3. The number of hydrogen-bond donors (Lipinski definition) is 0.